The molecule has 2 N–H and O–H groups in total. The maximum absolute atomic E-state index is 11.2. The second-order valence-corrected chi connectivity index (χ2v) is 6.24. The summed E-state index contributed by atoms with van der Waals surface area (Å²) in [5, 5.41) is 12.5. The van der Waals surface area contributed by atoms with E-state index in [1.165, 1.54) is 12.8 Å². The lowest BCUT2D eigenvalue weighted by Gasteiger charge is -2.25. The fourth-order valence-electron chi connectivity index (χ4n) is 2.44. The summed E-state index contributed by atoms with van der Waals surface area (Å²) in [6.45, 7) is 6.47. The molecule has 0 radical (unpaired) electrons. The van der Waals surface area contributed by atoms with Crippen LogP contribution in [-0.4, -0.2) is 47.2 Å². The minimum absolute atomic E-state index is 0.356. The van der Waals surface area contributed by atoms with Gasteiger partial charge in [-0.25, -0.2) is 0 Å². The highest BCUT2D eigenvalue weighted by Gasteiger charge is 2.32. The zero-order chi connectivity index (χ0) is 13.1. The molecule has 0 saturated heterocycles. The standard InChI is InChI=1S/C14H26N2O2/c1-10(2)9-16(12-5-6-12)8-7-13(14(17)18)15-11-3-4-11/h10-13,15H,3-9H2,1-2H3,(H,17,18). The molecular weight excluding hydrogens is 228 g/mol. The SMILES string of the molecule is CC(C)CN(CCC(NC1CC1)C(=O)O)C1CC1. The van der Waals surface area contributed by atoms with Crippen molar-refractivity contribution in [3.8, 4) is 0 Å². The van der Waals surface area contributed by atoms with Crippen LogP contribution in [0.3, 0.4) is 0 Å². The van der Waals surface area contributed by atoms with Gasteiger partial charge < -0.3 is 15.3 Å². The van der Waals surface area contributed by atoms with E-state index in [0.717, 1.165) is 38.4 Å². The van der Waals surface area contributed by atoms with Crippen molar-refractivity contribution in [3.05, 3.63) is 0 Å². The Morgan fingerprint density at radius 2 is 2.00 bits per heavy atom. The monoisotopic (exact) mass is 254 g/mol. The van der Waals surface area contributed by atoms with Gasteiger partial charge in [0.15, 0.2) is 0 Å². The smallest absolute Gasteiger partial charge is 0.320 e. The van der Waals surface area contributed by atoms with Crippen LogP contribution in [0.5, 0.6) is 0 Å². The molecular formula is C14H26N2O2. The normalized spacial score (nSPS) is 21.6. The average Bonchev–Trinajstić information content (AvgIpc) is 3.14. The van der Waals surface area contributed by atoms with Crippen molar-refractivity contribution in [2.24, 2.45) is 5.92 Å². The molecule has 0 spiro atoms. The lowest BCUT2D eigenvalue weighted by molar-refractivity contribution is -0.139. The first-order valence-corrected chi connectivity index (χ1v) is 7.29. The number of nitrogens with zero attached hydrogens (tertiary/aromatic N) is 1. The summed E-state index contributed by atoms with van der Waals surface area (Å²) < 4.78 is 0. The van der Waals surface area contributed by atoms with Crippen molar-refractivity contribution in [1.82, 2.24) is 10.2 Å². The first-order valence-electron chi connectivity index (χ1n) is 7.29. The summed E-state index contributed by atoms with van der Waals surface area (Å²) in [6.07, 6.45) is 5.60. The van der Waals surface area contributed by atoms with E-state index in [-0.39, 0.29) is 6.04 Å². The maximum atomic E-state index is 11.2. The molecule has 0 heterocycles. The van der Waals surface area contributed by atoms with Crippen LogP contribution in [0.4, 0.5) is 0 Å². The molecule has 1 atom stereocenters. The Morgan fingerprint density at radius 1 is 1.33 bits per heavy atom. The number of carboxylic acids is 1. The summed E-state index contributed by atoms with van der Waals surface area (Å²) >= 11 is 0. The maximum Gasteiger partial charge on any atom is 0.320 e. The predicted molar refractivity (Wildman–Crippen MR) is 71.6 cm³/mol. The van der Waals surface area contributed by atoms with Crippen LogP contribution in [0, 0.1) is 5.92 Å². The Bertz CT molecular complexity index is 286. The average molecular weight is 254 g/mol. The molecule has 1 unspecified atom stereocenters. The van der Waals surface area contributed by atoms with E-state index in [2.05, 4.69) is 24.1 Å². The van der Waals surface area contributed by atoms with Gasteiger partial charge in [-0.2, -0.15) is 0 Å². The third-order valence-corrected chi connectivity index (χ3v) is 3.68. The van der Waals surface area contributed by atoms with Crippen molar-refractivity contribution in [1.29, 1.82) is 0 Å². The molecule has 0 aromatic rings. The topological polar surface area (TPSA) is 52.6 Å². The van der Waals surface area contributed by atoms with Gasteiger partial charge in [0, 0.05) is 25.2 Å². The molecule has 0 aliphatic heterocycles. The van der Waals surface area contributed by atoms with Gasteiger partial charge >= 0.3 is 5.97 Å². The van der Waals surface area contributed by atoms with Gasteiger partial charge in [0.05, 0.1) is 0 Å². The van der Waals surface area contributed by atoms with Gasteiger partial charge in [0.25, 0.3) is 0 Å². The molecule has 2 aliphatic rings. The quantitative estimate of drug-likeness (QED) is 0.657. The van der Waals surface area contributed by atoms with Crippen LogP contribution < -0.4 is 5.32 Å². The van der Waals surface area contributed by atoms with E-state index < -0.39 is 5.97 Å². The summed E-state index contributed by atoms with van der Waals surface area (Å²) in [7, 11) is 0. The van der Waals surface area contributed by atoms with Crippen LogP contribution in [0.25, 0.3) is 0 Å². The fraction of sp³-hybridized carbons (Fsp3) is 0.929. The van der Waals surface area contributed by atoms with Crippen LogP contribution in [0.2, 0.25) is 0 Å². The number of carbonyl (C=O) groups is 1. The third kappa shape index (κ3) is 4.58. The Kier molecular flexibility index (Phi) is 4.62. The highest BCUT2D eigenvalue weighted by Crippen LogP contribution is 2.28. The lowest BCUT2D eigenvalue weighted by atomic mass is 10.1. The second kappa shape index (κ2) is 6.02. The Morgan fingerprint density at radius 3 is 2.44 bits per heavy atom. The van der Waals surface area contributed by atoms with E-state index in [4.69, 9.17) is 0 Å². The van der Waals surface area contributed by atoms with Gasteiger partial charge in [-0.15, -0.1) is 0 Å². The van der Waals surface area contributed by atoms with E-state index in [1.54, 1.807) is 0 Å². The van der Waals surface area contributed by atoms with Gasteiger partial charge in [-0.3, -0.25) is 4.79 Å². The van der Waals surface area contributed by atoms with Crippen LogP contribution >= 0.6 is 0 Å². The molecule has 0 aromatic carbocycles. The number of aliphatic carboxylic acids is 1. The van der Waals surface area contributed by atoms with E-state index >= 15 is 0 Å². The number of nitrogens with one attached hydrogen (secondary N) is 1. The molecule has 4 heteroatoms. The highest BCUT2D eigenvalue weighted by molar-refractivity contribution is 5.73. The molecule has 0 aromatic heterocycles. The number of hydrogen-bond donors (Lipinski definition) is 2. The van der Waals surface area contributed by atoms with Gasteiger partial charge in [-0.1, -0.05) is 13.8 Å². The fourth-order valence-corrected chi connectivity index (χ4v) is 2.44. The number of carboxylic acid groups (broad SMARTS) is 1. The zero-order valence-corrected chi connectivity index (χ0v) is 11.6. The van der Waals surface area contributed by atoms with Crippen molar-refractivity contribution in [3.63, 3.8) is 0 Å². The van der Waals surface area contributed by atoms with E-state index in [0.29, 0.717) is 12.0 Å². The molecule has 2 rings (SSSR count). The van der Waals surface area contributed by atoms with E-state index in [1.807, 2.05) is 0 Å². The minimum atomic E-state index is -0.692. The molecule has 4 nitrogen and oxygen atoms in total. The summed E-state index contributed by atoms with van der Waals surface area (Å²) in [5.74, 6) is -0.0348. The van der Waals surface area contributed by atoms with Crippen molar-refractivity contribution in [2.75, 3.05) is 13.1 Å². The van der Waals surface area contributed by atoms with Gasteiger partial charge in [0.2, 0.25) is 0 Å². The molecule has 2 saturated carbocycles. The largest absolute Gasteiger partial charge is 0.480 e. The molecule has 2 aliphatic carbocycles. The third-order valence-electron chi connectivity index (χ3n) is 3.68. The van der Waals surface area contributed by atoms with Crippen molar-refractivity contribution < 1.29 is 9.90 Å². The predicted octanol–water partition coefficient (Wildman–Crippen LogP) is 1.70. The number of rotatable bonds is 9. The Labute approximate surface area is 110 Å². The zero-order valence-electron chi connectivity index (χ0n) is 11.6. The second-order valence-electron chi connectivity index (χ2n) is 6.24. The molecule has 104 valence electrons. The summed E-state index contributed by atoms with van der Waals surface area (Å²) in [6, 6.07) is 0.833. The molecule has 18 heavy (non-hydrogen) atoms. The molecule has 2 fully saturated rings. The first kappa shape index (κ1) is 13.8. The minimum Gasteiger partial charge on any atom is -0.480 e. The first-order chi connectivity index (χ1) is 8.56. The lowest BCUT2D eigenvalue weighted by Crippen LogP contribution is -2.42. The molecule has 0 bridgehead atoms. The van der Waals surface area contributed by atoms with Gasteiger partial charge in [0.1, 0.15) is 6.04 Å². The van der Waals surface area contributed by atoms with Crippen LogP contribution in [0.15, 0.2) is 0 Å². The Balaban J connectivity index is 1.76. The summed E-state index contributed by atoms with van der Waals surface area (Å²) in [4.78, 5) is 13.7. The molecule has 0 amide bonds. The van der Waals surface area contributed by atoms with E-state index in [9.17, 15) is 9.90 Å². The van der Waals surface area contributed by atoms with Crippen LogP contribution in [-0.2, 0) is 4.79 Å². The van der Waals surface area contributed by atoms with Crippen molar-refractivity contribution in [2.45, 2.75) is 64.1 Å². The Hall–Kier alpha value is -0.610. The highest BCUT2D eigenvalue weighted by atomic mass is 16.4. The summed E-state index contributed by atoms with van der Waals surface area (Å²) in [5.41, 5.74) is 0. The van der Waals surface area contributed by atoms with Gasteiger partial charge in [-0.05, 0) is 38.0 Å². The number of hydrogen-bond acceptors (Lipinski definition) is 3. The van der Waals surface area contributed by atoms with Crippen LogP contribution in [0.1, 0.15) is 46.0 Å². The van der Waals surface area contributed by atoms with Crippen molar-refractivity contribution >= 4 is 5.97 Å².